The van der Waals surface area contributed by atoms with Gasteiger partial charge in [-0.15, -0.1) is 11.3 Å². The van der Waals surface area contributed by atoms with Gasteiger partial charge in [0.15, 0.2) is 0 Å². The van der Waals surface area contributed by atoms with Gasteiger partial charge in [-0.1, -0.05) is 53.5 Å². The minimum atomic E-state index is -1.04. The van der Waals surface area contributed by atoms with E-state index in [-0.39, 0.29) is 23.1 Å². The van der Waals surface area contributed by atoms with Crippen LogP contribution in [0.2, 0.25) is 10.0 Å². The van der Waals surface area contributed by atoms with Gasteiger partial charge in [0.05, 0.1) is 5.69 Å². The lowest BCUT2D eigenvalue weighted by atomic mass is 9.88. The molecule has 1 amide bonds. The van der Waals surface area contributed by atoms with Crippen molar-refractivity contribution in [1.29, 1.82) is 0 Å². The normalized spacial score (nSPS) is 15.9. The molecule has 0 bridgehead atoms. The number of anilines is 1. The van der Waals surface area contributed by atoms with Gasteiger partial charge in [-0.25, -0.2) is 4.79 Å². The fourth-order valence-electron chi connectivity index (χ4n) is 3.34. The number of thiophene rings is 1. The van der Waals surface area contributed by atoms with Crippen LogP contribution in [-0.2, 0) is 4.79 Å². The van der Waals surface area contributed by atoms with E-state index in [1.54, 1.807) is 30.3 Å². The number of hydrogen-bond acceptors (Lipinski definition) is 3. The van der Waals surface area contributed by atoms with Crippen molar-refractivity contribution >= 4 is 52.1 Å². The maximum absolute atomic E-state index is 12.4. The highest BCUT2D eigenvalue weighted by atomic mass is 35.5. The number of carbonyl (C=O) groups is 2. The number of rotatable bonds is 3. The quantitative estimate of drug-likeness (QED) is 0.557. The van der Waals surface area contributed by atoms with Crippen molar-refractivity contribution in [1.82, 2.24) is 0 Å². The van der Waals surface area contributed by atoms with E-state index in [1.807, 2.05) is 18.2 Å². The molecule has 0 saturated heterocycles. The Labute approximate surface area is 169 Å². The van der Waals surface area contributed by atoms with E-state index >= 15 is 0 Å². The molecule has 4 nitrogen and oxygen atoms in total. The first-order valence-corrected chi connectivity index (χ1v) is 9.73. The summed E-state index contributed by atoms with van der Waals surface area (Å²) in [5, 5.41) is 13.7. The second-order valence-electron chi connectivity index (χ2n) is 6.18. The molecule has 0 fully saturated rings. The van der Waals surface area contributed by atoms with E-state index < -0.39 is 5.97 Å². The summed E-state index contributed by atoms with van der Waals surface area (Å²) in [7, 11) is 0. The van der Waals surface area contributed by atoms with Crippen LogP contribution in [-0.4, -0.2) is 17.0 Å². The number of nitrogens with one attached hydrogen (secondary N) is 1. The number of halogens is 2. The van der Waals surface area contributed by atoms with Gasteiger partial charge in [0, 0.05) is 32.8 Å². The number of benzene rings is 2. The molecule has 1 aliphatic heterocycles. The maximum Gasteiger partial charge on any atom is 0.346 e. The van der Waals surface area contributed by atoms with Crippen molar-refractivity contribution < 1.29 is 14.7 Å². The van der Waals surface area contributed by atoms with Crippen LogP contribution in [0.25, 0.3) is 11.1 Å². The zero-order valence-corrected chi connectivity index (χ0v) is 16.2. The highest BCUT2D eigenvalue weighted by molar-refractivity contribution is 7.15. The predicted octanol–water partition coefficient (Wildman–Crippen LogP) is 5.89. The summed E-state index contributed by atoms with van der Waals surface area (Å²) in [6.07, 6.45) is 0.219. The minimum absolute atomic E-state index is 0.169. The molecule has 2 aromatic carbocycles. The van der Waals surface area contributed by atoms with Crippen LogP contribution in [0, 0.1) is 0 Å². The third kappa shape index (κ3) is 3.23. The average Bonchev–Trinajstić information content (AvgIpc) is 3.02. The highest BCUT2D eigenvalue weighted by Crippen LogP contribution is 2.50. The van der Waals surface area contributed by atoms with Crippen molar-refractivity contribution in [3.05, 3.63) is 73.9 Å². The third-order valence-electron chi connectivity index (χ3n) is 4.51. The molecule has 0 radical (unpaired) electrons. The summed E-state index contributed by atoms with van der Waals surface area (Å²) in [6, 6.07) is 14.2. The molecule has 2 heterocycles. The first-order valence-electron chi connectivity index (χ1n) is 8.16. The summed E-state index contributed by atoms with van der Waals surface area (Å²) in [4.78, 5) is 25.3. The second kappa shape index (κ2) is 7.00. The standard InChI is InChI=1S/C20H13Cl2NO3S/c21-11-7-5-10(6-8-11)16-17-18(27-19(16)20(25)26)13(9-15(24)23-17)12-3-1-2-4-14(12)22/h1-8,13H,9H2,(H,23,24)(H,25,26)/t13-/m0/s1. The molecule has 0 saturated carbocycles. The Morgan fingerprint density at radius 2 is 1.81 bits per heavy atom. The molecule has 0 unspecified atom stereocenters. The average molecular weight is 418 g/mol. The van der Waals surface area contributed by atoms with E-state index in [9.17, 15) is 14.7 Å². The number of carboxylic acids is 1. The van der Waals surface area contributed by atoms with Crippen LogP contribution in [0.5, 0.6) is 0 Å². The smallest absolute Gasteiger partial charge is 0.346 e. The van der Waals surface area contributed by atoms with E-state index in [2.05, 4.69) is 5.32 Å². The van der Waals surface area contributed by atoms with Crippen LogP contribution in [0.1, 0.15) is 32.5 Å². The topological polar surface area (TPSA) is 66.4 Å². The summed E-state index contributed by atoms with van der Waals surface area (Å²) >= 11 is 13.5. The number of fused-ring (bicyclic) bond motifs is 1. The molecular formula is C20H13Cl2NO3S. The van der Waals surface area contributed by atoms with E-state index in [4.69, 9.17) is 23.2 Å². The van der Waals surface area contributed by atoms with Crippen LogP contribution in [0.15, 0.2) is 48.5 Å². The van der Waals surface area contributed by atoms with Crippen molar-refractivity contribution in [3.8, 4) is 11.1 Å². The van der Waals surface area contributed by atoms with Crippen LogP contribution in [0.3, 0.4) is 0 Å². The number of hydrogen-bond donors (Lipinski definition) is 2. The Kier molecular flexibility index (Phi) is 4.68. The largest absolute Gasteiger partial charge is 0.477 e. The van der Waals surface area contributed by atoms with E-state index in [0.29, 0.717) is 26.9 Å². The molecule has 4 rings (SSSR count). The summed E-state index contributed by atoms with van der Waals surface area (Å²) in [5.74, 6) is -1.49. The van der Waals surface area contributed by atoms with Crippen LogP contribution < -0.4 is 5.32 Å². The molecule has 0 spiro atoms. The van der Waals surface area contributed by atoms with Gasteiger partial charge in [0.1, 0.15) is 4.88 Å². The molecule has 3 aromatic rings. The minimum Gasteiger partial charge on any atom is -0.477 e. The Bertz CT molecular complexity index is 1060. The van der Waals surface area contributed by atoms with Crippen molar-refractivity contribution in [3.63, 3.8) is 0 Å². The third-order valence-corrected chi connectivity index (χ3v) is 6.40. The van der Waals surface area contributed by atoms with Crippen LogP contribution in [0.4, 0.5) is 5.69 Å². The molecule has 1 aliphatic rings. The zero-order chi connectivity index (χ0) is 19.1. The molecule has 1 aromatic heterocycles. The Hall–Kier alpha value is -2.34. The van der Waals surface area contributed by atoms with Gasteiger partial charge in [-0.3, -0.25) is 4.79 Å². The van der Waals surface area contributed by atoms with Gasteiger partial charge in [-0.2, -0.15) is 0 Å². The fraction of sp³-hybridized carbons (Fsp3) is 0.100. The Morgan fingerprint density at radius 3 is 2.48 bits per heavy atom. The summed E-state index contributed by atoms with van der Waals surface area (Å²) in [6.45, 7) is 0. The van der Waals surface area contributed by atoms with Gasteiger partial charge < -0.3 is 10.4 Å². The SMILES string of the molecule is O=C1C[C@@H](c2ccccc2Cl)c2sc(C(=O)O)c(-c3ccc(Cl)cc3)c2N1. The maximum atomic E-state index is 12.4. The molecule has 0 aliphatic carbocycles. The van der Waals surface area contributed by atoms with Crippen molar-refractivity contribution in [2.24, 2.45) is 0 Å². The van der Waals surface area contributed by atoms with E-state index in [0.717, 1.165) is 10.4 Å². The predicted molar refractivity (Wildman–Crippen MR) is 108 cm³/mol. The number of carbonyl (C=O) groups excluding carboxylic acids is 1. The monoisotopic (exact) mass is 417 g/mol. The Morgan fingerprint density at radius 1 is 1.11 bits per heavy atom. The zero-order valence-electron chi connectivity index (χ0n) is 13.8. The summed E-state index contributed by atoms with van der Waals surface area (Å²) in [5.41, 5.74) is 2.55. The fourth-order valence-corrected chi connectivity index (χ4v) is 4.97. The van der Waals surface area contributed by atoms with Gasteiger partial charge in [0.25, 0.3) is 0 Å². The van der Waals surface area contributed by atoms with E-state index in [1.165, 1.54) is 11.3 Å². The molecule has 136 valence electrons. The van der Waals surface area contributed by atoms with Crippen molar-refractivity contribution in [2.45, 2.75) is 12.3 Å². The highest BCUT2D eigenvalue weighted by Gasteiger charge is 2.35. The molecule has 2 N–H and O–H groups in total. The number of aromatic carboxylic acids is 1. The van der Waals surface area contributed by atoms with Crippen molar-refractivity contribution in [2.75, 3.05) is 5.32 Å². The first-order chi connectivity index (χ1) is 13.0. The Balaban J connectivity index is 1.95. The van der Waals surface area contributed by atoms with Gasteiger partial charge >= 0.3 is 5.97 Å². The molecule has 27 heavy (non-hydrogen) atoms. The molecule has 7 heteroatoms. The lowest BCUT2D eigenvalue weighted by Crippen LogP contribution is -2.22. The van der Waals surface area contributed by atoms with Crippen LogP contribution >= 0.6 is 34.5 Å². The number of carboxylic acid groups (broad SMARTS) is 1. The van der Waals surface area contributed by atoms with Gasteiger partial charge in [-0.05, 0) is 29.3 Å². The van der Waals surface area contributed by atoms with Gasteiger partial charge in [0.2, 0.25) is 5.91 Å². The lowest BCUT2D eigenvalue weighted by Gasteiger charge is -2.24. The lowest BCUT2D eigenvalue weighted by molar-refractivity contribution is -0.116. The first kappa shape index (κ1) is 18.0. The molecular weight excluding hydrogens is 405 g/mol. The second-order valence-corrected chi connectivity index (χ2v) is 8.08. The molecule has 1 atom stereocenters. The summed E-state index contributed by atoms with van der Waals surface area (Å²) < 4.78 is 0. The number of amides is 1.